The summed E-state index contributed by atoms with van der Waals surface area (Å²) in [5.41, 5.74) is 10.3. The van der Waals surface area contributed by atoms with E-state index in [1.807, 2.05) is 12.1 Å². The smallest absolute Gasteiger partial charge is 0.122 e. The van der Waals surface area contributed by atoms with Crippen LogP contribution in [0.15, 0.2) is 23.3 Å². The highest BCUT2D eigenvalue weighted by atomic mass is 16.5. The van der Waals surface area contributed by atoms with Gasteiger partial charge in [-0.15, -0.1) is 0 Å². The van der Waals surface area contributed by atoms with Gasteiger partial charge >= 0.3 is 0 Å². The van der Waals surface area contributed by atoms with Crippen molar-refractivity contribution in [1.82, 2.24) is 0 Å². The van der Waals surface area contributed by atoms with E-state index in [0.29, 0.717) is 13.0 Å². The summed E-state index contributed by atoms with van der Waals surface area (Å²) in [5, 5.41) is 3.42. The second kappa shape index (κ2) is 5.11. The van der Waals surface area contributed by atoms with Crippen molar-refractivity contribution in [3.63, 3.8) is 0 Å². The summed E-state index contributed by atoms with van der Waals surface area (Å²) in [6, 6.07) is 5.97. The zero-order valence-corrected chi connectivity index (χ0v) is 8.81. The second-order valence-corrected chi connectivity index (χ2v) is 3.43. The normalized spacial score (nSPS) is 11.8. The lowest BCUT2D eigenvalue weighted by atomic mass is 10.1. The average Bonchev–Trinajstić information content (AvgIpc) is 2.76. The van der Waals surface area contributed by atoms with Crippen LogP contribution in [0.5, 0.6) is 5.75 Å². The minimum atomic E-state index is 0.428. The van der Waals surface area contributed by atoms with Crippen LogP contribution < -0.4 is 4.74 Å². The molecule has 0 unspecified atom stereocenters. The van der Waals surface area contributed by atoms with Gasteiger partial charge in [-0.1, -0.05) is 17.0 Å². The summed E-state index contributed by atoms with van der Waals surface area (Å²) in [4.78, 5) is 2.67. The van der Waals surface area contributed by atoms with E-state index < -0.39 is 0 Å². The molecule has 0 amide bonds. The van der Waals surface area contributed by atoms with Crippen molar-refractivity contribution in [1.29, 1.82) is 0 Å². The molecule has 2 rings (SSSR count). The van der Waals surface area contributed by atoms with Gasteiger partial charge in [0.05, 0.1) is 6.61 Å². The highest BCUT2D eigenvalue weighted by molar-refractivity contribution is 5.45. The van der Waals surface area contributed by atoms with Crippen molar-refractivity contribution in [2.24, 2.45) is 5.11 Å². The zero-order valence-electron chi connectivity index (χ0n) is 8.81. The molecule has 1 aromatic carbocycles. The van der Waals surface area contributed by atoms with Gasteiger partial charge in [-0.25, -0.2) is 0 Å². The van der Waals surface area contributed by atoms with Crippen LogP contribution in [0.1, 0.15) is 17.5 Å². The van der Waals surface area contributed by atoms with E-state index >= 15 is 0 Å². The van der Waals surface area contributed by atoms with Gasteiger partial charge in [0.15, 0.2) is 0 Å². The summed E-state index contributed by atoms with van der Waals surface area (Å²) >= 11 is 0. The van der Waals surface area contributed by atoms with E-state index in [-0.39, 0.29) is 0 Å². The second-order valence-electron chi connectivity index (χ2n) is 3.43. The van der Waals surface area contributed by atoms with Gasteiger partial charge in [-0.3, -0.25) is 0 Å². The Balaban J connectivity index is 2.02. The quantitative estimate of drug-likeness (QED) is 0.245. The third-order valence-corrected chi connectivity index (χ3v) is 2.32. The van der Waals surface area contributed by atoms with E-state index in [4.69, 9.17) is 10.3 Å². The molecule has 4 nitrogen and oxygen atoms in total. The zero-order chi connectivity index (χ0) is 11.2. The summed E-state index contributed by atoms with van der Waals surface area (Å²) < 4.78 is 5.41. The molecule has 1 heterocycles. The van der Waals surface area contributed by atoms with Crippen LogP contribution in [0.25, 0.3) is 10.4 Å². The van der Waals surface area contributed by atoms with Gasteiger partial charge in [0.25, 0.3) is 0 Å². The Morgan fingerprint density at radius 2 is 2.44 bits per heavy atom. The number of benzene rings is 1. The fourth-order valence-electron chi connectivity index (χ4n) is 1.58. The molecular weight excluding hydrogens is 202 g/mol. The van der Waals surface area contributed by atoms with Crippen molar-refractivity contribution < 1.29 is 4.74 Å². The van der Waals surface area contributed by atoms with Crippen LogP contribution in [0.3, 0.4) is 0 Å². The first kappa shape index (κ1) is 10.4. The molecule has 80 valence electrons. The first-order valence-electron chi connectivity index (χ1n) is 5.15. The van der Waals surface area contributed by atoms with Gasteiger partial charge in [-0.05, 0) is 29.3 Å². The van der Waals surface area contributed by atoms with Gasteiger partial charge in [-0.2, -0.15) is 0 Å². The molecule has 0 bridgehead atoms. The lowest BCUT2D eigenvalue weighted by Gasteiger charge is -1.97. The maximum atomic E-state index is 8.08. The summed E-state index contributed by atoms with van der Waals surface area (Å²) in [6.07, 6.45) is 1.56. The molecule has 0 fully saturated rings. The van der Waals surface area contributed by atoms with E-state index in [2.05, 4.69) is 27.9 Å². The number of nitrogens with zero attached hydrogens (tertiary/aromatic N) is 3. The Morgan fingerprint density at radius 3 is 3.31 bits per heavy atom. The maximum absolute atomic E-state index is 8.08. The Kier molecular flexibility index (Phi) is 3.32. The van der Waals surface area contributed by atoms with Crippen LogP contribution in [0.2, 0.25) is 0 Å². The molecule has 1 aliphatic rings. The third-order valence-electron chi connectivity index (χ3n) is 2.32. The summed E-state index contributed by atoms with van der Waals surface area (Å²) in [5.74, 6) is 6.99. The molecule has 1 aromatic rings. The topological polar surface area (TPSA) is 58.0 Å². The van der Waals surface area contributed by atoms with Gasteiger partial charge in [0.1, 0.15) is 5.75 Å². The molecule has 0 atom stereocenters. The maximum Gasteiger partial charge on any atom is 0.122 e. The Morgan fingerprint density at radius 1 is 1.50 bits per heavy atom. The van der Waals surface area contributed by atoms with E-state index in [1.54, 1.807) is 0 Å². The predicted molar refractivity (Wildman–Crippen MR) is 61.1 cm³/mol. The van der Waals surface area contributed by atoms with Crippen molar-refractivity contribution in [2.45, 2.75) is 12.8 Å². The molecular formula is C12H11N3O. The van der Waals surface area contributed by atoms with Crippen LogP contribution in [0, 0.1) is 11.8 Å². The standard InChI is InChI=1S/C12H11N3O/c13-15-14-7-2-1-3-10-4-5-12-11(9-10)6-8-16-12/h4-5,9H,2,6-8H2. The molecule has 4 heteroatoms. The summed E-state index contributed by atoms with van der Waals surface area (Å²) in [7, 11) is 0. The fourth-order valence-corrected chi connectivity index (χ4v) is 1.58. The lowest BCUT2D eigenvalue weighted by molar-refractivity contribution is 0.357. The fraction of sp³-hybridized carbons (Fsp3) is 0.333. The van der Waals surface area contributed by atoms with Crippen molar-refractivity contribution in [3.05, 3.63) is 39.8 Å². The highest BCUT2D eigenvalue weighted by Gasteiger charge is 2.10. The monoisotopic (exact) mass is 213 g/mol. The highest BCUT2D eigenvalue weighted by Crippen LogP contribution is 2.25. The van der Waals surface area contributed by atoms with Crippen LogP contribution in [0.4, 0.5) is 0 Å². The summed E-state index contributed by atoms with van der Waals surface area (Å²) in [6.45, 7) is 1.20. The Hall–Kier alpha value is -2.11. The number of hydrogen-bond donors (Lipinski definition) is 0. The molecule has 16 heavy (non-hydrogen) atoms. The molecule has 0 radical (unpaired) electrons. The van der Waals surface area contributed by atoms with Crippen LogP contribution >= 0.6 is 0 Å². The van der Waals surface area contributed by atoms with Gasteiger partial charge in [0, 0.05) is 29.9 Å². The van der Waals surface area contributed by atoms with Crippen molar-refractivity contribution >= 4 is 0 Å². The van der Waals surface area contributed by atoms with Crippen molar-refractivity contribution in [2.75, 3.05) is 13.2 Å². The minimum absolute atomic E-state index is 0.428. The van der Waals surface area contributed by atoms with E-state index in [1.165, 1.54) is 5.56 Å². The lowest BCUT2D eigenvalue weighted by Crippen LogP contribution is -1.85. The number of rotatable bonds is 2. The van der Waals surface area contributed by atoms with Crippen molar-refractivity contribution in [3.8, 4) is 17.6 Å². The van der Waals surface area contributed by atoms with Crippen LogP contribution in [-0.2, 0) is 6.42 Å². The Bertz CT molecular complexity index is 493. The average molecular weight is 213 g/mol. The van der Waals surface area contributed by atoms with E-state index in [0.717, 1.165) is 24.3 Å². The molecule has 0 saturated heterocycles. The number of ether oxygens (including phenoxy) is 1. The van der Waals surface area contributed by atoms with Gasteiger partial charge < -0.3 is 4.74 Å². The van der Waals surface area contributed by atoms with Gasteiger partial charge in [0.2, 0.25) is 0 Å². The first-order valence-corrected chi connectivity index (χ1v) is 5.15. The largest absolute Gasteiger partial charge is 0.493 e. The predicted octanol–water partition coefficient (Wildman–Crippen LogP) is 2.67. The van der Waals surface area contributed by atoms with Crippen LogP contribution in [-0.4, -0.2) is 13.2 Å². The number of hydrogen-bond acceptors (Lipinski definition) is 2. The SMILES string of the molecule is [N-]=[N+]=NCCC#Cc1ccc2c(c1)CCO2. The third kappa shape index (κ3) is 2.47. The molecule has 0 aromatic heterocycles. The number of azide groups is 1. The minimum Gasteiger partial charge on any atom is -0.493 e. The molecule has 0 spiro atoms. The Labute approximate surface area is 93.9 Å². The molecule has 0 aliphatic carbocycles. The number of fused-ring (bicyclic) bond motifs is 1. The first-order chi connectivity index (χ1) is 7.90. The molecule has 1 aliphatic heterocycles. The molecule has 0 N–H and O–H groups in total. The molecule has 0 saturated carbocycles. The van der Waals surface area contributed by atoms with E-state index in [9.17, 15) is 0 Å².